The number of carboxylic acids is 1. The molecule has 0 saturated carbocycles. The Labute approximate surface area is 132 Å². The zero-order valence-corrected chi connectivity index (χ0v) is 13.1. The van der Waals surface area contributed by atoms with Crippen molar-refractivity contribution in [2.24, 2.45) is 5.41 Å². The summed E-state index contributed by atoms with van der Waals surface area (Å²) in [6, 6.07) is 4.11. The van der Waals surface area contributed by atoms with Gasteiger partial charge in [0.1, 0.15) is 11.4 Å². The van der Waals surface area contributed by atoms with Gasteiger partial charge in [-0.15, -0.1) is 0 Å². The monoisotopic (exact) mass is 319 g/mol. The molecule has 1 saturated heterocycles. The predicted molar refractivity (Wildman–Crippen MR) is 81.8 cm³/mol. The number of amides is 1. The number of carbonyl (C=O) groups is 2. The van der Waals surface area contributed by atoms with Crippen LogP contribution in [0, 0.1) is 18.2 Å². The Morgan fingerprint density at radius 2 is 2.13 bits per heavy atom. The number of carboxylic acid groups (broad SMARTS) is 1. The summed E-state index contributed by atoms with van der Waals surface area (Å²) in [5.41, 5.74) is 0.0808. The number of nitrogens with zero attached hydrogens (tertiary/aromatic N) is 1. The number of furan rings is 1. The van der Waals surface area contributed by atoms with E-state index >= 15 is 0 Å². The summed E-state index contributed by atoms with van der Waals surface area (Å²) in [6.07, 6.45) is 1.17. The zero-order chi connectivity index (χ0) is 16.8. The van der Waals surface area contributed by atoms with Crippen LogP contribution in [0.4, 0.5) is 4.39 Å². The number of aryl methyl sites for hydroxylation is 1. The molecule has 2 aromatic rings. The van der Waals surface area contributed by atoms with Gasteiger partial charge in [-0.3, -0.25) is 9.59 Å². The van der Waals surface area contributed by atoms with Crippen molar-refractivity contribution in [1.29, 1.82) is 0 Å². The Morgan fingerprint density at radius 1 is 1.39 bits per heavy atom. The largest absolute Gasteiger partial charge is 0.481 e. The normalized spacial score (nSPS) is 21.6. The number of fused-ring (bicyclic) bond motifs is 1. The van der Waals surface area contributed by atoms with Crippen LogP contribution in [0.3, 0.4) is 0 Å². The molecular weight excluding hydrogens is 301 g/mol. The third-order valence-corrected chi connectivity index (χ3v) is 4.59. The number of benzene rings is 1. The Bertz CT molecular complexity index is 797. The second-order valence-electron chi connectivity index (χ2n) is 6.39. The smallest absolute Gasteiger partial charge is 0.311 e. The first-order valence-corrected chi connectivity index (χ1v) is 7.53. The van der Waals surface area contributed by atoms with E-state index in [-0.39, 0.29) is 18.2 Å². The molecule has 1 aliphatic heterocycles. The Morgan fingerprint density at radius 3 is 2.83 bits per heavy atom. The maximum Gasteiger partial charge on any atom is 0.311 e. The Hall–Kier alpha value is -2.37. The van der Waals surface area contributed by atoms with Crippen molar-refractivity contribution in [2.45, 2.75) is 26.7 Å². The number of hydrogen-bond donors (Lipinski definition) is 1. The fourth-order valence-electron chi connectivity index (χ4n) is 3.13. The second kappa shape index (κ2) is 5.37. The van der Waals surface area contributed by atoms with E-state index in [0.29, 0.717) is 35.9 Å². The molecule has 1 amide bonds. The first kappa shape index (κ1) is 15.5. The van der Waals surface area contributed by atoms with E-state index in [4.69, 9.17) is 4.42 Å². The molecule has 122 valence electrons. The SMILES string of the molecule is Cc1c(C(=O)N2CCCC(C)(C(=O)O)C2)oc2ccc(F)cc12. The molecule has 0 spiro atoms. The number of hydrogen-bond acceptors (Lipinski definition) is 3. The van der Waals surface area contributed by atoms with Gasteiger partial charge in [-0.05, 0) is 44.9 Å². The van der Waals surface area contributed by atoms with Gasteiger partial charge in [0.15, 0.2) is 5.76 Å². The Balaban J connectivity index is 1.94. The number of aliphatic carboxylic acids is 1. The first-order chi connectivity index (χ1) is 10.8. The van der Waals surface area contributed by atoms with E-state index in [1.807, 2.05) is 0 Å². The van der Waals surface area contributed by atoms with Gasteiger partial charge in [0.2, 0.25) is 0 Å². The van der Waals surface area contributed by atoms with Crippen molar-refractivity contribution in [3.8, 4) is 0 Å². The van der Waals surface area contributed by atoms with Gasteiger partial charge in [0.05, 0.1) is 5.41 Å². The van der Waals surface area contributed by atoms with Crippen LogP contribution in [0.5, 0.6) is 0 Å². The molecule has 2 heterocycles. The first-order valence-electron chi connectivity index (χ1n) is 7.53. The van der Waals surface area contributed by atoms with Crippen LogP contribution in [-0.2, 0) is 4.79 Å². The van der Waals surface area contributed by atoms with Crippen molar-refractivity contribution in [3.05, 3.63) is 35.3 Å². The lowest BCUT2D eigenvalue weighted by molar-refractivity contribution is -0.150. The van der Waals surface area contributed by atoms with Gasteiger partial charge in [0, 0.05) is 24.0 Å². The number of rotatable bonds is 2. The van der Waals surface area contributed by atoms with Crippen LogP contribution in [0.1, 0.15) is 35.9 Å². The van der Waals surface area contributed by atoms with Crippen molar-refractivity contribution in [3.63, 3.8) is 0 Å². The van der Waals surface area contributed by atoms with Gasteiger partial charge in [0.25, 0.3) is 5.91 Å². The lowest BCUT2D eigenvalue weighted by Gasteiger charge is -2.37. The molecule has 3 rings (SSSR count). The molecule has 0 bridgehead atoms. The molecule has 5 nitrogen and oxygen atoms in total. The van der Waals surface area contributed by atoms with Crippen LogP contribution >= 0.6 is 0 Å². The molecule has 1 atom stereocenters. The van der Waals surface area contributed by atoms with Gasteiger partial charge in [-0.25, -0.2) is 4.39 Å². The highest BCUT2D eigenvalue weighted by Crippen LogP contribution is 2.32. The van der Waals surface area contributed by atoms with E-state index in [2.05, 4.69) is 0 Å². The van der Waals surface area contributed by atoms with Gasteiger partial charge in [-0.1, -0.05) is 0 Å². The molecular formula is C17H18FNO4. The van der Waals surface area contributed by atoms with Crippen LogP contribution in [0.2, 0.25) is 0 Å². The fourth-order valence-corrected chi connectivity index (χ4v) is 3.13. The Kier molecular flexibility index (Phi) is 3.62. The predicted octanol–water partition coefficient (Wildman–Crippen LogP) is 3.21. The summed E-state index contributed by atoms with van der Waals surface area (Å²) in [5, 5.41) is 9.93. The number of carbonyl (C=O) groups excluding carboxylic acids is 1. The number of halogens is 1. The highest BCUT2D eigenvalue weighted by molar-refractivity contribution is 5.99. The summed E-state index contributed by atoms with van der Waals surface area (Å²) in [7, 11) is 0. The quantitative estimate of drug-likeness (QED) is 0.922. The molecule has 1 N–H and O–H groups in total. The zero-order valence-electron chi connectivity index (χ0n) is 13.1. The molecule has 1 unspecified atom stereocenters. The van der Waals surface area contributed by atoms with E-state index in [0.717, 1.165) is 0 Å². The third kappa shape index (κ3) is 2.58. The highest BCUT2D eigenvalue weighted by Gasteiger charge is 2.40. The maximum absolute atomic E-state index is 13.4. The van der Waals surface area contributed by atoms with Crippen LogP contribution < -0.4 is 0 Å². The number of likely N-dealkylation sites (tertiary alicyclic amines) is 1. The third-order valence-electron chi connectivity index (χ3n) is 4.59. The highest BCUT2D eigenvalue weighted by atomic mass is 19.1. The summed E-state index contributed by atoms with van der Waals surface area (Å²) in [5.74, 6) is -1.48. The summed E-state index contributed by atoms with van der Waals surface area (Å²) >= 11 is 0. The summed E-state index contributed by atoms with van der Waals surface area (Å²) in [4.78, 5) is 25.7. The molecule has 6 heteroatoms. The molecule has 1 aromatic carbocycles. The molecule has 0 radical (unpaired) electrons. The maximum atomic E-state index is 13.4. The van der Waals surface area contributed by atoms with Crippen molar-refractivity contribution >= 4 is 22.8 Å². The van der Waals surface area contributed by atoms with Crippen LogP contribution in [-0.4, -0.2) is 35.0 Å². The molecule has 0 aliphatic carbocycles. The summed E-state index contributed by atoms with van der Waals surface area (Å²) in [6.45, 7) is 3.99. The number of piperidine rings is 1. The van der Waals surface area contributed by atoms with Gasteiger partial charge in [-0.2, -0.15) is 0 Å². The van der Waals surface area contributed by atoms with Gasteiger partial charge >= 0.3 is 5.97 Å². The summed E-state index contributed by atoms with van der Waals surface area (Å²) < 4.78 is 19.0. The average Bonchev–Trinajstić information content (AvgIpc) is 2.83. The van der Waals surface area contributed by atoms with E-state index in [1.54, 1.807) is 13.8 Å². The topological polar surface area (TPSA) is 70.8 Å². The minimum absolute atomic E-state index is 0.145. The van der Waals surface area contributed by atoms with Crippen LogP contribution in [0.15, 0.2) is 22.6 Å². The van der Waals surface area contributed by atoms with Crippen molar-refractivity contribution in [2.75, 3.05) is 13.1 Å². The molecule has 1 aromatic heterocycles. The van der Waals surface area contributed by atoms with E-state index in [1.165, 1.54) is 23.1 Å². The average molecular weight is 319 g/mol. The van der Waals surface area contributed by atoms with Crippen molar-refractivity contribution < 1.29 is 23.5 Å². The van der Waals surface area contributed by atoms with E-state index in [9.17, 15) is 19.1 Å². The van der Waals surface area contributed by atoms with E-state index < -0.39 is 17.2 Å². The minimum Gasteiger partial charge on any atom is -0.481 e. The lowest BCUT2D eigenvalue weighted by atomic mass is 9.82. The fraction of sp³-hybridized carbons (Fsp3) is 0.412. The standard InChI is InChI=1S/C17H18FNO4/c1-10-12-8-11(18)4-5-13(12)23-14(10)15(20)19-7-3-6-17(2,9-19)16(21)22/h4-5,8H,3,6-7,9H2,1-2H3,(H,21,22). The molecule has 1 fully saturated rings. The van der Waals surface area contributed by atoms with Gasteiger partial charge < -0.3 is 14.4 Å². The minimum atomic E-state index is -0.945. The second-order valence-corrected chi connectivity index (χ2v) is 6.39. The molecule has 23 heavy (non-hydrogen) atoms. The van der Waals surface area contributed by atoms with Crippen LogP contribution in [0.25, 0.3) is 11.0 Å². The molecule has 1 aliphatic rings. The van der Waals surface area contributed by atoms with Crippen molar-refractivity contribution in [1.82, 2.24) is 4.90 Å². The lowest BCUT2D eigenvalue weighted by Crippen LogP contribution is -2.48.